The van der Waals surface area contributed by atoms with E-state index < -0.39 is 0 Å². The Hall–Kier alpha value is -2.64. The van der Waals surface area contributed by atoms with E-state index in [0.29, 0.717) is 23.8 Å². The van der Waals surface area contributed by atoms with Crippen LogP contribution in [-0.2, 0) is 13.1 Å². The molecular weight excluding hydrogens is 384 g/mol. The highest BCUT2D eigenvalue weighted by Crippen LogP contribution is 2.15. The molecule has 3 aromatic rings. The fourth-order valence-corrected chi connectivity index (χ4v) is 3.41. The molecule has 29 heavy (non-hydrogen) atoms. The van der Waals surface area contributed by atoms with Crippen LogP contribution in [0.2, 0.25) is 0 Å². The van der Waals surface area contributed by atoms with Crippen molar-refractivity contribution in [2.75, 3.05) is 27.2 Å². The summed E-state index contributed by atoms with van der Waals surface area (Å²) in [5, 5.41) is 4.93. The summed E-state index contributed by atoms with van der Waals surface area (Å²) in [5.74, 6) is 0.801. The van der Waals surface area contributed by atoms with Gasteiger partial charge in [0.25, 0.3) is 5.56 Å². The van der Waals surface area contributed by atoms with E-state index in [4.69, 9.17) is 16.6 Å². The van der Waals surface area contributed by atoms with Crippen molar-refractivity contribution in [1.82, 2.24) is 20.1 Å². The van der Waals surface area contributed by atoms with Crippen LogP contribution in [0.15, 0.2) is 51.9 Å². The first-order valence-corrected chi connectivity index (χ1v) is 10.2. The van der Waals surface area contributed by atoms with Crippen molar-refractivity contribution in [2.24, 2.45) is 0 Å². The SMILES string of the molecule is Cc1ccc2cc(CN(Cc3ccco3)C(=S)NCCCN(C)C)c(=O)[nH]c2c1. The molecule has 0 aliphatic carbocycles. The molecule has 0 atom stereocenters. The number of H-pyrrole nitrogens is 1. The number of aromatic nitrogens is 1. The molecule has 0 amide bonds. The molecule has 2 N–H and O–H groups in total. The predicted octanol–water partition coefficient (Wildman–Crippen LogP) is 3.26. The van der Waals surface area contributed by atoms with Gasteiger partial charge in [-0.05, 0) is 81.4 Å². The third-order valence-electron chi connectivity index (χ3n) is 4.71. The number of thiocarbonyl (C=S) groups is 1. The Kier molecular flexibility index (Phi) is 7.06. The normalized spacial score (nSPS) is 11.2. The number of hydrogen-bond donors (Lipinski definition) is 2. The minimum atomic E-state index is -0.0945. The molecule has 0 saturated carbocycles. The highest BCUT2D eigenvalue weighted by molar-refractivity contribution is 7.80. The van der Waals surface area contributed by atoms with Crippen molar-refractivity contribution in [2.45, 2.75) is 26.4 Å². The first-order valence-electron chi connectivity index (χ1n) is 9.75. The molecule has 0 aliphatic heterocycles. The summed E-state index contributed by atoms with van der Waals surface area (Å²) >= 11 is 5.63. The van der Waals surface area contributed by atoms with Crippen LogP contribution in [0.1, 0.15) is 23.3 Å². The van der Waals surface area contributed by atoms with Crippen LogP contribution in [0.3, 0.4) is 0 Å². The smallest absolute Gasteiger partial charge is 0.253 e. The minimum absolute atomic E-state index is 0.0945. The lowest BCUT2D eigenvalue weighted by molar-refractivity contribution is 0.348. The van der Waals surface area contributed by atoms with Crippen molar-refractivity contribution in [3.63, 3.8) is 0 Å². The van der Waals surface area contributed by atoms with Gasteiger partial charge in [-0.2, -0.15) is 0 Å². The second kappa shape index (κ2) is 9.71. The summed E-state index contributed by atoms with van der Waals surface area (Å²) in [6.07, 6.45) is 2.63. The maximum Gasteiger partial charge on any atom is 0.253 e. The van der Waals surface area contributed by atoms with E-state index in [-0.39, 0.29) is 5.56 Å². The van der Waals surface area contributed by atoms with Crippen molar-refractivity contribution < 1.29 is 4.42 Å². The zero-order chi connectivity index (χ0) is 20.8. The van der Waals surface area contributed by atoms with Crippen LogP contribution in [0.25, 0.3) is 10.9 Å². The van der Waals surface area contributed by atoms with Crippen molar-refractivity contribution in [3.8, 4) is 0 Å². The van der Waals surface area contributed by atoms with E-state index in [1.165, 1.54) is 0 Å². The molecule has 3 rings (SSSR count). The lowest BCUT2D eigenvalue weighted by Crippen LogP contribution is -2.40. The average molecular weight is 413 g/mol. The summed E-state index contributed by atoms with van der Waals surface area (Å²) in [4.78, 5) is 19.8. The van der Waals surface area contributed by atoms with E-state index in [2.05, 4.69) is 29.3 Å². The van der Waals surface area contributed by atoms with E-state index in [9.17, 15) is 4.79 Å². The second-order valence-corrected chi connectivity index (χ2v) is 7.93. The van der Waals surface area contributed by atoms with Crippen LogP contribution in [0, 0.1) is 6.92 Å². The molecule has 0 spiro atoms. The number of pyridine rings is 1. The number of rotatable bonds is 8. The monoisotopic (exact) mass is 412 g/mol. The maximum absolute atomic E-state index is 12.7. The van der Waals surface area contributed by atoms with Crippen LogP contribution >= 0.6 is 12.2 Å². The lowest BCUT2D eigenvalue weighted by atomic mass is 10.1. The largest absolute Gasteiger partial charge is 0.467 e. The number of nitrogens with one attached hydrogen (secondary N) is 2. The number of benzene rings is 1. The van der Waals surface area contributed by atoms with Gasteiger partial charge in [0.1, 0.15) is 5.76 Å². The minimum Gasteiger partial charge on any atom is -0.467 e. The fraction of sp³-hybridized carbons (Fsp3) is 0.364. The molecule has 1 aromatic carbocycles. The molecule has 2 heterocycles. The Morgan fingerprint density at radius 2 is 2.03 bits per heavy atom. The number of hydrogen-bond acceptors (Lipinski definition) is 4. The molecule has 0 fully saturated rings. The number of aryl methyl sites for hydroxylation is 1. The van der Waals surface area contributed by atoms with Crippen molar-refractivity contribution >= 4 is 28.2 Å². The second-order valence-electron chi connectivity index (χ2n) is 7.54. The van der Waals surface area contributed by atoms with Gasteiger partial charge in [0.05, 0.1) is 19.4 Å². The Labute approximate surface area is 176 Å². The van der Waals surface area contributed by atoms with Crippen molar-refractivity contribution in [3.05, 3.63) is 69.9 Å². The Balaban J connectivity index is 1.78. The van der Waals surface area contributed by atoms with E-state index in [0.717, 1.165) is 41.7 Å². The highest BCUT2D eigenvalue weighted by Gasteiger charge is 2.15. The van der Waals surface area contributed by atoms with Gasteiger partial charge in [0.2, 0.25) is 0 Å². The Morgan fingerprint density at radius 3 is 2.76 bits per heavy atom. The average Bonchev–Trinajstić information content (AvgIpc) is 3.18. The number of nitrogens with zero attached hydrogens (tertiary/aromatic N) is 2. The van der Waals surface area contributed by atoms with E-state index in [1.807, 2.05) is 48.2 Å². The topological polar surface area (TPSA) is 64.5 Å². The van der Waals surface area contributed by atoms with Crippen LogP contribution in [0.5, 0.6) is 0 Å². The zero-order valence-corrected chi connectivity index (χ0v) is 18.0. The molecule has 0 aliphatic rings. The third-order valence-corrected chi connectivity index (χ3v) is 5.11. The molecule has 154 valence electrons. The van der Waals surface area contributed by atoms with Gasteiger partial charge in [-0.25, -0.2) is 0 Å². The summed E-state index contributed by atoms with van der Waals surface area (Å²) in [6, 6.07) is 11.8. The predicted molar refractivity (Wildman–Crippen MR) is 121 cm³/mol. The maximum atomic E-state index is 12.7. The summed E-state index contributed by atoms with van der Waals surface area (Å²) < 4.78 is 5.50. The van der Waals surface area contributed by atoms with E-state index >= 15 is 0 Å². The Bertz CT molecular complexity index is 1010. The van der Waals surface area contributed by atoms with Gasteiger partial charge in [0.15, 0.2) is 5.11 Å². The van der Waals surface area contributed by atoms with Gasteiger partial charge in [-0.3, -0.25) is 4.79 Å². The van der Waals surface area contributed by atoms with Crippen molar-refractivity contribution in [1.29, 1.82) is 0 Å². The first kappa shape index (κ1) is 21.1. The number of aromatic amines is 1. The number of furan rings is 1. The summed E-state index contributed by atoms with van der Waals surface area (Å²) in [5.41, 5.74) is 2.54. The van der Waals surface area contributed by atoms with Gasteiger partial charge >= 0.3 is 0 Å². The number of fused-ring (bicyclic) bond motifs is 1. The third kappa shape index (κ3) is 5.92. The van der Waals surface area contributed by atoms with Crippen LogP contribution in [-0.4, -0.2) is 47.1 Å². The molecule has 0 bridgehead atoms. The molecule has 2 aromatic heterocycles. The summed E-state index contributed by atoms with van der Waals surface area (Å²) in [6.45, 7) is 4.67. The molecule has 0 saturated heterocycles. The molecule has 0 radical (unpaired) electrons. The fourth-order valence-electron chi connectivity index (χ4n) is 3.18. The highest BCUT2D eigenvalue weighted by atomic mass is 32.1. The van der Waals surface area contributed by atoms with Gasteiger partial charge < -0.3 is 24.5 Å². The first-order chi connectivity index (χ1) is 13.9. The zero-order valence-electron chi connectivity index (χ0n) is 17.2. The molecular formula is C22H28N4O2S. The van der Waals surface area contributed by atoms with Gasteiger partial charge in [0, 0.05) is 17.6 Å². The molecule has 0 unspecified atom stereocenters. The van der Waals surface area contributed by atoms with Gasteiger partial charge in [-0.1, -0.05) is 12.1 Å². The molecule has 7 heteroatoms. The lowest BCUT2D eigenvalue weighted by Gasteiger charge is -2.25. The molecule has 6 nitrogen and oxygen atoms in total. The van der Waals surface area contributed by atoms with Crippen LogP contribution in [0.4, 0.5) is 0 Å². The Morgan fingerprint density at radius 1 is 1.21 bits per heavy atom. The van der Waals surface area contributed by atoms with Gasteiger partial charge in [-0.15, -0.1) is 0 Å². The quantitative estimate of drug-likeness (QED) is 0.437. The summed E-state index contributed by atoms with van der Waals surface area (Å²) in [7, 11) is 4.10. The van der Waals surface area contributed by atoms with E-state index in [1.54, 1.807) is 6.26 Å². The van der Waals surface area contributed by atoms with Crippen LogP contribution < -0.4 is 10.9 Å². The standard InChI is InChI=1S/C22H28N4O2S/c1-16-7-8-17-13-18(21(27)24-20(17)12-16)14-26(15-19-6-4-11-28-19)22(29)23-9-5-10-25(2)3/h4,6-8,11-13H,5,9-10,14-15H2,1-3H3,(H,23,29)(H,24,27).